The smallest absolute Gasteiger partial charge is 0.433 e. The van der Waals surface area contributed by atoms with Crippen LogP contribution in [0.2, 0.25) is 0 Å². The number of methoxy groups -OCH3 is 1. The van der Waals surface area contributed by atoms with Crippen LogP contribution in [0, 0.1) is 0 Å². The Bertz CT molecular complexity index is 1170. The summed E-state index contributed by atoms with van der Waals surface area (Å²) < 4.78 is 45.2. The summed E-state index contributed by atoms with van der Waals surface area (Å²) in [4.78, 5) is 28.2. The summed E-state index contributed by atoms with van der Waals surface area (Å²) in [6, 6.07) is 5.95. The molecule has 3 aromatic rings. The molecule has 170 valence electrons. The molecule has 0 saturated heterocycles. The number of pyridine rings is 1. The van der Waals surface area contributed by atoms with E-state index in [1.54, 1.807) is 24.7 Å². The van der Waals surface area contributed by atoms with Gasteiger partial charge < -0.3 is 15.2 Å². The van der Waals surface area contributed by atoms with Crippen molar-refractivity contribution in [1.82, 2.24) is 10.1 Å². The standard InChI is InChI=1S/C21H21F3N4O4/c1-20(2,31)7-8-28-11-12-9-16(13(19(30)32-3)10-15(12)27-28)26-18(29)14-5-4-6-17(25-14)21(22,23)24/h4-6,9-11,31H,7-8H2,1-3H3,(H,26,29)/p+1. The van der Waals surface area contributed by atoms with Gasteiger partial charge in [0.05, 0.1) is 29.3 Å². The van der Waals surface area contributed by atoms with Gasteiger partial charge in [-0.2, -0.15) is 18.3 Å². The first-order valence-corrected chi connectivity index (χ1v) is 9.60. The largest absolute Gasteiger partial charge is 0.465 e. The van der Waals surface area contributed by atoms with E-state index in [0.717, 1.165) is 18.2 Å². The van der Waals surface area contributed by atoms with Crippen LogP contribution in [-0.2, 0) is 17.5 Å². The van der Waals surface area contributed by atoms with Crippen molar-refractivity contribution in [2.45, 2.75) is 38.6 Å². The second-order valence-electron chi connectivity index (χ2n) is 7.83. The Morgan fingerprint density at radius 2 is 1.97 bits per heavy atom. The van der Waals surface area contributed by atoms with Gasteiger partial charge in [0, 0.05) is 6.42 Å². The Morgan fingerprint density at radius 3 is 2.59 bits per heavy atom. The van der Waals surface area contributed by atoms with Gasteiger partial charge in [-0.3, -0.25) is 4.79 Å². The number of H-pyrrole nitrogens is 1. The number of hydrogen-bond acceptors (Lipinski definition) is 5. The summed E-state index contributed by atoms with van der Waals surface area (Å²) in [5.74, 6) is -1.65. The molecule has 11 heteroatoms. The van der Waals surface area contributed by atoms with Crippen molar-refractivity contribution >= 4 is 28.5 Å². The van der Waals surface area contributed by atoms with E-state index in [4.69, 9.17) is 4.74 Å². The minimum Gasteiger partial charge on any atom is -0.465 e. The van der Waals surface area contributed by atoms with Crippen LogP contribution < -0.4 is 10.00 Å². The zero-order chi connectivity index (χ0) is 23.7. The number of benzene rings is 1. The number of aromatic amines is 1. The zero-order valence-corrected chi connectivity index (χ0v) is 17.6. The highest BCUT2D eigenvalue weighted by molar-refractivity contribution is 6.09. The molecule has 32 heavy (non-hydrogen) atoms. The van der Waals surface area contributed by atoms with Crippen LogP contribution in [0.25, 0.3) is 10.9 Å². The number of alkyl halides is 3. The summed E-state index contributed by atoms with van der Waals surface area (Å²) >= 11 is 0. The fraction of sp³-hybridized carbons (Fsp3) is 0.333. The molecule has 0 aliphatic heterocycles. The average Bonchev–Trinajstić information content (AvgIpc) is 3.12. The number of nitrogens with one attached hydrogen (secondary N) is 2. The highest BCUT2D eigenvalue weighted by Crippen LogP contribution is 2.28. The summed E-state index contributed by atoms with van der Waals surface area (Å²) in [6.07, 6.45) is -2.52. The molecule has 1 aromatic carbocycles. The summed E-state index contributed by atoms with van der Waals surface area (Å²) in [5.41, 5.74) is -1.90. The predicted molar refractivity (Wildman–Crippen MR) is 108 cm³/mol. The van der Waals surface area contributed by atoms with Crippen molar-refractivity contribution in [3.05, 3.63) is 53.5 Å². The number of fused-ring (bicyclic) bond motifs is 1. The monoisotopic (exact) mass is 451 g/mol. The molecule has 0 spiro atoms. The number of halogens is 3. The molecule has 0 aliphatic rings. The van der Waals surface area contributed by atoms with Crippen LogP contribution in [0.5, 0.6) is 0 Å². The van der Waals surface area contributed by atoms with Gasteiger partial charge in [-0.05, 0) is 38.1 Å². The molecule has 0 radical (unpaired) electrons. The molecule has 8 nitrogen and oxygen atoms in total. The number of ether oxygens (including phenoxy) is 1. The summed E-state index contributed by atoms with van der Waals surface area (Å²) in [6.45, 7) is 3.82. The molecule has 0 atom stereocenters. The molecule has 3 rings (SSSR count). The summed E-state index contributed by atoms with van der Waals surface area (Å²) in [5, 5.41) is 16.1. The lowest BCUT2D eigenvalue weighted by Crippen LogP contribution is -2.38. The molecule has 0 bridgehead atoms. The Labute approximate surface area is 181 Å². The van der Waals surface area contributed by atoms with Crippen LogP contribution in [0.4, 0.5) is 18.9 Å². The predicted octanol–water partition coefficient (Wildman–Crippen LogP) is 3.07. The second kappa shape index (κ2) is 8.58. The third-order valence-corrected chi connectivity index (χ3v) is 4.64. The molecular weight excluding hydrogens is 429 g/mol. The van der Waals surface area contributed by atoms with Gasteiger partial charge in [0.1, 0.15) is 16.9 Å². The van der Waals surface area contributed by atoms with Crippen LogP contribution in [-0.4, -0.2) is 39.8 Å². The van der Waals surface area contributed by atoms with Crippen molar-refractivity contribution < 1.29 is 37.3 Å². The first-order valence-electron chi connectivity index (χ1n) is 9.60. The van der Waals surface area contributed by atoms with Gasteiger partial charge in [-0.1, -0.05) is 6.07 Å². The number of aryl methyl sites for hydroxylation is 1. The topological polar surface area (TPSA) is 108 Å². The van der Waals surface area contributed by atoms with E-state index < -0.39 is 35.0 Å². The van der Waals surface area contributed by atoms with Crippen LogP contribution in [0.1, 0.15) is 46.8 Å². The molecule has 0 fully saturated rings. The van der Waals surface area contributed by atoms with E-state index >= 15 is 0 Å². The van der Waals surface area contributed by atoms with E-state index in [1.165, 1.54) is 19.2 Å². The maximum Gasteiger partial charge on any atom is 0.433 e. The number of hydrogen-bond donors (Lipinski definition) is 3. The minimum atomic E-state index is -4.70. The van der Waals surface area contributed by atoms with E-state index in [9.17, 15) is 27.9 Å². The van der Waals surface area contributed by atoms with Crippen LogP contribution >= 0.6 is 0 Å². The number of aromatic nitrogens is 3. The van der Waals surface area contributed by atoms with Crippen molar-refractivity contribution in [3.8, 4) is 0 Å². The molecule has 1 amide bonds. The SMILES string of the molecule is COC(=O)c1cc2[nH][n+](CCC(C)(C)O)cc2cc1NC(=O)c1cccc(C(F)(F)F)n1. The number of rotatable bonds is 6. The van der Waals surface area contributed by atoms with Crippen molar-refractivity contribution in [2.75, 3.05) is 12.4 Å². The minimum absolute atomic E-state index is 0.0109. The first kappa shape index (κ1) is 23.2. The first-order chi connectivity index (χ1) is 14.9. The molecule has 0 unspecified atom stereocenters. The molecule has 0 aliphatic carbocycles. The number of amides is 1. The number of nitrogens with zero attached hydrogens (tertiary/aromatic N) is 2. The van der Waals surface area contributed by atoms with Crippen LogP contribution in [0.15, 0.2) is 36.5 Å². The maximum absolute atomic E-state index is 12.9. The van der Waals surface area contributed by atoms with Gasteiger partial charge in [0.2, 0.25) is 6.20 Å². The highest BCUT2D eigenvalue weighted by atomic mass is 19.4. The van der Waals surface area contributed by atoms with Crippen molar-refractivity contribution in [1.29, 1.82) is 0 Å². The Kier molecular flexibility index (Phi) is 6.22. The third-order valence-electron chi connectivity index (χ3n) is 4.64. The van der Waals surface area contributed by atoms with Crippen molar-refractivity contribution in [3.63, 3.8) is 0 Å². The molecule has 0 saturated carbocycles. The lowest BCUT2D eigenvalue weighted by molar-refractivity contribution is -0.749. The quantitative estimate of drug-likeness (QED) is 0.394. The third kappa shape index (κ3) is 5.41. The number of aliphatic hydroxyl groups is 1. The second-order valence-corrected chi connectivity index (χ2v) is 7.83. The Balaban J connectivity index is 1.95. The molecule has 2 heterocycles. The van der Waals surface area contributed by atoms with E-state index in [2.05, 4.69) is 15.4 Å². The number of anilines is 1. The van der Waals surface area contributed by atoms with Gasteiger partial charge in [-0.15, -0.1) is 4.68 Å². The Hall–Kier alpha value is -3.47. The average molecular weight is 451 g/mol. The molecule has 2 aromatic heterocycles. The number of carbonyl (C=O) groups is 2. The molecular formula is C21H22F3N4O4+. The zero-order valence-electron chi connectivity index (χ0n) is 17.6. The van der Waals surface area contributed by atoms with Crippen molar-refractivity contribution in [2.24, 2.45) is 0 Å². The fourth-order valence-electron chi connectivity index (χ4n) is 2.98. The van der Waals surface area contributed by atoms with E-state index in [-0.39, 0.29) is 11.3 Å². The number of esters is 1. The normalized spacial score (nSPS) is 12.1. The van der Waals surface area contributed by atoms with E-state index in [1.807, 2.05) is 0 Å². The summed E-state index contributed by atoms with van der Waals surface area (Å²) in [7, 11) is 1.17. The van der Waals surface area contributed by atoms with Gasteiger partial charge in [-0.25, -0.2) is 9.78 Å². The van der Waals surface area contributed by atoms with E-state index in [0.29, 0.717) is 23.9 Å². The van der Waals surface area contributed by atoms with Gasteiger partial charge in [0.25, 0.3) is 5.91 Å². The van der Waals surface area contributed by atoms with Gasteiger partial charge in [0.15, 0.2) is 6.54 Å². The highest BCUT2D eigenvalue weighted by Gasteiger charge is 2.33. The fourth-order valence-corrected chi connectivity index (χ4v) is 2.98. The van der Waals surface area contributed by atoms with Gasteiger partial charge >= 0.3 is 12.1 Å². The molecule has 3 N–H and O–H groups in total. The van der Waals surface area contributed by atoms with Crippen LogP contribution in [0.3, 0.4) is 0 Å². The Morgan fingerprint density at radius 1 is 1.25 bits per heavy atom. The maximum atomic E-state index is 12.9. The number of carbonyl (C=O) groups excluding carboxylic acids is 2. The lowest BCUT2D eigenvalue weighted by atomic mass is 10.1. The lowest BCUT2D eigenvalue weighted by Gasteiger charge is -2.13.